The van der Waals surface area contributed by atoms with Crippen molar-refractivity contribution in [2.45, 2.75) is 6.42 Å². The highest BCUT2D eigenvalue weighted by Crippen LogP contribution is 2.20. The molecule has 0 fully saturated rings. The maximum Gasteiger partial charge on any atom is 0.118 e. The molecule has 3 nitrogen and oxygen atoms in total. The number of methoxy groups -OCH3 is 1. The van der Waals surface area contributed by atoms with E-state index in [1.807, 2.05) is 36.4 Å². The Balaban J connectivity index is 1.92. The maximum absolute atomic E-state index is 5.16. The molecular weight excluding hydrogens is 248 g/mol. The molecule has 3 aromatic rings. The zero-order valence-corrected chi connectivity index (χ0v) is 11.4. The van der Waals surface area contributed by atoms with Crippen LogP contribution in [-0.4, -0.2) is 17.1 Å². The number of nitrogens with one attached hydrogen (secondary N) is 1. The predicted molar refractivity (Wildman–Crippen MR) is 81.4 cm³/mol. The SMILES string of the molecule is C=C(OC)c1ccc2nc(Cc3ccccc3)[nH]c2c1. The van der Waals surface area contributed by atoms with Gasteiger partial charge in [0.25, 0.3) is 0 Å². The fourth-order valence-electron chi connectivity index (χ4n) is 2.23. The third-order valence-corrected chi connectivity index (χ3v) is 3.31. The summed E-state index contributed by atoms with van der Waals surface area (Å²) in [6.45, 7) is 3.87. The summed E-state index contributed by atoms with van der Waals surface area (Å²) in [7, 11) is 1.63. The van der Waals surface area contributed by atoms with Crippen LogP contribution >= 0.6 is 0 Å². The van der Waals surface area contributed by atoms with E-state index in [1.165, 1.54) is 5.56 Å². The smallest absolute Gasteiger partial charge is 0.118 e. The highest BCUT2D eigenvalue weighted by atomic mass is 16.5. The minimum Gasteiger partial charge on any atom is -0.497 e. The molecule has 0 saturated heterocycles. The van der Waals surface area contributed by atoms with E-state index < -0.39 is 0 Å². The molecule has 20 heavy (non-hydrogen) atoms. The molecule has 0 unspecified atom stereocenters. The van der Waals surface area contributed by atoms with Crippen molar-refractivity contribution in [3.63, 3.8) is 0 Å². The number of fused-ring (bicyclic) bond motifs is 1. The van der Waals surface area contributed by atoms with Gasteiger partial charge in [-0.3, -0.25) is 0 Å². The van der Waals surface area contributed by atoms with Crippen LogP contribution in [0.15, 0.2) is 55.1 Å². The van der Waals surface area contributed by atoms with Crippen LogP contribution in [0, 0.1) is 0 Å². The van der Waals surface area contributed by atoms with Crippen LogP contribution in [0.2, 0.25) is 0 Å². The van der Waals surface area contributed by atoms with Crippen molar-refractivity contribution in [3.8, 4) is 0 Å². The van der Waals surface area contributed by atoms with E-state index in [4.69, 9.17) is 4.74 Å². The number of aromatic amines is 1. The van der Waals surface area contributed by atoms with E-state index in [9.17, 15) is 0 Å². The van der Waals surface area contributed by atoms with Crippen molar-refractivity contribution in [1.82, 2.24) is 9.97 Å². The van der Waals surface area contributed by atoms with Gasteiger partial charge in [-0.2, -0.15) is 0 Å². The summed E-state index contributed by atoms with van der Waals surface area (Å²) in [4.78, 5) is 7.96. The molecule has 0 aliphatic rings. The molecule has 1 aromatic heterocycles. The fourth-order valence-corrected chi connectivity index (χ4v) is 2.23. The summed E-state index contributed by atoms with van der Waals surface area (Å²) in [6.07, 6.45) is 0.802. The molecule has 0 aliphatic carbocycles. The summed E-state index contributed by atoms with van der Waals surface area (Å²) in [5.74, 6) is 1.62. The third kappa shape index (κ3) is 2.43. The lowest BCUT2D eigenvalue weighted by atomic mass is 10.1. The van der Waals surface area contributed by atoms with Crippen LogP contribution in [0.25, 0.3) is 16.8 Å². The maximum atomic E-state index is 5.16. The van der Waals surface area contributed by atoms with E-state index >= 15 is 0 Å². The van der Waals surface area contributed by atoms with E-state index in [1.54, 1.807) is 7.11 Å². The Morgan fingerprint density at radius 3 is 2.75 bits per heavy atom. The van der Waals surface area contributed by atoms with E-state index in [-0.39, 0.29) is 0 Å². The second-order valence-electron chi connectivity index (χ2n) is 4.71. The molecule has 0 atom stereocenters. The number of ether oxygens (including phenoxy) is 1. The molecule has 0 spiro atoms. The lowest BCUT2D eigenvalue weighted by Crippen LogP contribution is -1.89. The van der Waals surface area contributed by atoms with Crippen LogP contribution in [0.1, 0.15) is 17.0 Å². The van der Waals surface area contributed by atoms with E-state index in [0.29, 0.717) is 5.76 Å². The Morgan fingerprint density at radius 2 is 2.00 bits per heavy atom. The Labute approximate surface area is 117 Å². The summed E-state index contributed by atoms with van der Waals surface area (Å²) < 4.78 is 5.16. The lowest BCUT2D eigenvalue weighted by molar-refractivity contribution is 0.371. The van der Waals surface area contributed by atoms with Crippen molar-refractivity contribution >= 4 is 16.8 Å². The molecule has 3 rings (SSSR count). The van der Waals surface area contributed by atoms with Crippen LogP contribution in [0.4, 0.5) is 0 Å². The van der Waals surface area contributed by atoms with Gasteiger partial charge in [0, 0.05) is 12.0 Å². The summed E-state index contributed by atoms with van der Waals surface area (Å²) in [5, 5.41) is 0. The van der Waals surface area contributed by atoms with Crippen molar-refractivity contribution in [1.29, 1.82) is 0 Å². The number of imidazole rings is 1. The fraction of sp³-hybridized carbons (Fsp3) is 0.118. The van der Waals surface area contributed by atoms with Gasteiger partial charge in [-0.15, -0.1) is 0 Å². The number of nitrogens with zero attached hydrogens (tertiary/aromatic N) is 1. The summed E-state index contributed by atoms with van der Waals surface area (Å²) in [6, 6.07) is 16.3. The molecule has 0 bridgehead atoms. The normalized spacial score (nSPS) is 10.7. The lowest BCUT2D eigenvalue weighted by Gasteiger charge is -2.02. The number of benzene rings is 2. The first-order valence-corrected chi connectivity index (χ1v) is 6.52. The average Bonchev–Trinajstić information content (AvgIpc) is 2.88. The minimum atomic E-state index is 0.658. The summed E-state index contributed by atoms with van der Waals surface area (Å²) in [5.41, 5.74) is 4.18. The quantitative estimate of drug-likeness (QED) is 0.728. The monoisotopic (exact) mass is 264 g/mol. The van der Waals surface area contributed by atoms with Gasteiger partial charge in [-0.1, -0.05) is 36.9 Å². The number of hydrogen-bond donors (Lipinski definition) is 1. The van der Waals surface area contributed by atoms with Crippen molar-refractivity contribution in [2.24, 2.45) is 0 Å². The molecule has 2 aromatic carbocycles. The highest BCUT2D eigenvalue weighted by Gasteiger charge is 2.06. The first-order chi connectivity index (χ1) is 9.76. The Hall–Kier alpha value is -2.55. The first kappa shape index (κ1) is 12.5. The molecule has 1 N–H and O–H groups in total. The molecule has 0 radical (unpaired) electrons. The first-order valence-electron chi connectivity index (χ1n) is 6.52. The molecule has 100 valence electrons. The second-order valence-corrected chi connectivity index (χ2v) is 4.71. The van der Waals surface area contributed by atoms with Crippen molar-refractivity contribution < 1.29 is 4.74 Å². The van der Waals surface area contributed by atoms with Gasteiger partial charge in [-0.25, -0.2) is 4.98 Å². The number of hydrogen-bond acceptors (Lipinski definition) is 2. The number of rotatable bonds is 4. The second kappa shape index (κ2) is 5.21. The Kier molecular flexibility index (Phi) is 3.25. The van der Waals surface area contributed by atoms with Gasteiger partial charge in [0.2, 0.25) is 0 Å². The van der Waals surface area contributed by atoms with E-state index in [2.05, 4.69) is 28.7 Å². The molecule has 0 saturated carbocycles. The highest BCUT2D eigenvalue weighted by molar-refractivity contribution is 5.79. The van der Waals surface area contributed by atoms with Crippen molar-refractivity contribution in [2.75, 3.05) is 7.11 Å². The molecule has 0 amide bonds. The Morgan fingerprint density at radius 1 is 1.20 bits per heavy atom. The van der Waals surface area contributed by atoms with E-state index in [0.717, 1.165) is 28.8 Å². The average molecular weight is 264 g/mol. The van der Waals surface area contributed by atoms with Crippen molar-refractivity contribution in [3.05, 3.63) is 72.1 Å². The van der Waals surface area contributed by atoms with Gasteiger partial charge < -0.3 is 9.72 Å². The third-order valence-electron chi connectivity index (χ3n) is 3.31. The Bertz CT molecular complexity index is 744. The standard InChI is InChI=1S/C17H16N2O/c1-12(20-2)14-8-9-15-16(11-14)19-17(18-15)10-13-6-4-3-5-7-13/h3-9,11H,1,10H2,2H3,(H,18,19). The van der Waals surface area contributed by atoms with Crippen LogP contribution < -0.4 is 0 Å². The van der Waals surface area contributed by atoms with Gasteiger partial charge in [0.1, 0.15) is 11.6 Å². The molecular formula is C17H16N2O. The number of H-pyrrole nitrogens is 1. The molecule has 0 aliphatic heterocycles. The van der Waals surface area contributed by atoms with Gasteiger partial charge in [0.05, 0.1) is 18.1 Å². The minimum absolute atomic E-state index is 0.658. The van der Waals surface area contributed by atoms with Gasteiger partial charge >= 0.3 is 0 Å². The van der Waals surface area contributed by atoms with Gasteiger partial charge in [-0.05, 0) is 23.8 Å². The zero-order chi connectivity index (χ0) is 13.9. The largest absolute Gasteiger partial charge is 0.497 e. The van der Waals surface area contributed by atoms with Crippen LogP contribution in [-0.2, 0) is 11.2 Å². The topological polar surface area (TPSA) is 37.9 Å². The number of aromatic nitrogens is 2. The molecule has 1 heterocycles. The predicted octanol–water partition coefficient (Wildman–Crippen LogP) is 3.77. The zero-order valence-electron chi connectivity index (χ0n) is 11.4. The van der Waals surface area contributed by atoms with Gasteiger partial charge in [0.15, 0.2) is 0 Å². The molecule has 3 heteroatoms. The summed E-state index contributed by atoms with van der Waals surface area (Å²) >= 11 is 0. The van der Waals surface area contributed by atoms with Crippen LogP contribution in [0.5, 0.6) is 0 Å². The van der Waals surface area contributed by atoms with Crippen LogP contribution in [0.3, 0.4) is 0 Å².